The quantitative estimate of drug-likeness (QED) is 0.809. The summed E-state index contributed by atoms with van der Waals surface area (Å²) in [5, 5.41) is 8.10. The lowest BCUT2D eigenvalue weighted by Crippen LogP contribution is -2.52. The molecule has 1 fully saturated rings. The number of hydrogen-bond acceptors (Lipinski definition) is 5. The van der Waals surface area contributed by atoms with Crippen molar-refractivity contribution in [2.24, 2.45) is 5.73 Å². The molecule has 1 aliphatic heterocycles. The summed E-state index contributed by atoms with van der Waals surface area (Å²) in [6.45, 7) is 7.67. The number of nitrogens with two attached hydrogens (primary N) is 1. The fourth-order valence-corrected chi connectivity index (χ4v) is 2.52. The van der Waals surface area contributed by atoms with Crippen LogP contribution in [0.4, 0.5) is 5.82 Å². The molecule has 1 aromatic heterocycles. The number of nitrogens with zero attached hydrogens (tertiary/aromatic N) is 3. The molecule has 0 spiro atoms. The first-order chi connectivity index (χ1) is 8.39. The Morgan fingerprint density at radius 3 is 2.94 bits per heavy atom. The van der Waals surface area contributed by atoms with Crippen LogP contribution in [0, 0.1) is 0 Å². The first kappa shape index (κ1) is 13.2. The Balaban J connectivity index is 2.34. The molecule has 2 rings (SSSR count). The van der Waals surface area contributed by atoms with Crippen molar-refractivity contribution in [3.05, 3.63) is 17.8 Å². The minimum Gasteiger partial charge on any atom is -0.389 e. The van der Waals surface area contributed by atoms with Crippen LogP contribution < -0.4 is 10.6 Å². The van der Waals surface area contributed by atoms with E-state index in [1.165, 1.54) is 0 Å². The largest absolute Gasteiger partial charge is 0.389 e. The molecular weight excluding hydrogens is 248 g/mol. The SMILES string of the molecule is CC1CN(c2nnccc2C(N)=S)CC(C)(C)O1. The maximum absolute atomic E-state index is 5.87. The molecule has 0 radical (unpaired) electrons. The molecule has 6 heteroatoms. The minimum atomic E-state index is -0.220. The van der Waals surface area contributed by atoms with E-state index in [1.807, 2.05) is 6.92 Å². The monoisotopic (exact) mass is 266 g/mol. The highest BCUT2D eigenvalue weighted by Crippen LogP contribution is 2.26. The number of morpholine rings is 1. The van der Waals surface area contributed by atoms with Gasteiger partial charge in [-0.25, -0.2) is 0 Å². The molecule has 1 unspecified atom stereocenters. The van der Waals surface area contributed by atoms with Gasteiger partial charge in [-0.05, 0) is 26.8 Å². The van der Waals surface area contributed by atoms with Gasteiger partial charge in [0.1, 0.15) is 4.99 Å². The Kier molecular flexibility index (Phi) is 3.49. The van der Waals surface area contributed by atoms with Crippen molar-refractivity contribution in [1.82, 2.24) is 10.2 Å². The van der Waals surface area contributed by atoms with E-state index in [-0.39, 0.29) is 11.7 Å². The second kappa shape index (κ2) is 4.78. The second-order valence-corrected chi connectivity index (χ2v) is 5.64. The third kappa shape index (κ3) is 2.76. The average molecular weight is 266 g/mol. The molecule has 0 aliphatic carbocycles. The number of hydrogen-bond donors (Lipinski definition) is 1. The van der Waals surface area contributed by atoms with Crippen LogP contribution in [0.1, 0.15) is 26.3 Å². The zero-order valence-electron chi connectivity index (χ0n) is 10.9. The Labute approximate surface area is 112 Å². The van der Waals surface area contributed by atoms with Crippen molar-refractivity contribution >= 4 is 23.0 Å². The van der Waals surface area contributed by atoms with Gasteiger partial charge in [-0.2, -0.15) is 5.10 Å². The molecule has 2 heterocycles. The molecule has 5 nitrogen and oxygen atoms in total. The van der Waals surface area contributed by atoms with E-state index < -0.39 is 0 Å². The molecule has 18 heavy (non-hydrogen) atoms. The predicted molar refractivity (Wildman–Crippen MR) is 74.8 cm³/mol. The van der Waals surface area contributed by atoms with E-state index in [0.717, 1.165) is 24.5 Å². The normalized spacial score (nSPS) is 22.8. The van der Waals surface area contributed by atoms with Crippen LogP contribution in [0.2, 0.25) is 0 Å². The Hall–Kier alpha value is -1.27. The van der Waals surface area contributed by atoms with Gasteiger partial charge in [0, 0.05) is 13.1 Å². The van der Waals surface area contributed by atoms with E-state index in [1.54, 1.807) is 12.3 Å². The van der Waals surface area contributed by atoms with Crippen molar-refractivity contribution in [2.75, 3.05) is 18.0 Å². The fraction of sp³-hybridized carbons (Fsp3) is 0.583. The zero-order valence-corrected chi connectivity index (χ0v) is 11.7. The number of rotatable bonds is 2. The molecule has 98 valence electrons. The van der Waals surface area contributed by atoms with Gasteiger partial charge >= 0.3 is 0 Å². The van der Waals surface area contributed by atoms with Crippen LogP contribution in [-0.4, -0.2) is 40.0 Å². The summed E-state index contributed by atoms with van der Waals surface area (Å²) in [6, 6.07) is 1.80. The third-order valence-corrected chi connectivity index (χ3v) is 3.06. The summed E-state index contributed by atoms with van der Waals surface area (Å²) in [6.07, 6.45) is 1.74. The molecule has 0 bridgehead atoms. The summed E-state index contributed by atoms with van der Waals surface area (Å²) >= 11 is 5.06. The van der Waals surface area contributed by atoms with Crippen molar-refractivity contribution in [1.29, 1.82) is 0 Å². The molecule has 1 aliphatic rings. The lowest BCUT2D eigenvalue weighted by molar-refractivity contribution is -0.0752. The van der Waals surface area contributed by atoms with Crippen molar-refractivity contribution in [3.63, 3.8) is 0 Å². The number of ether oxygens (including phenoxy) is 1. The topological polar surface area (TPSA) is 64.3 Å². The maximum atomic E-state index is 5.87. The van der Waals surface area contributed by atoms with E-state index in [2.05, 4.69) is 28.9 Å². The van der Waals surface area contributed by atoms with E-state index in [0.29, 0.717) is 4.99 Å². The lowest BCUT2D eigenvalue weighted by atomic mass is 10.0. The molecule has 1 saturated heterocycles. The Morgan fingerprint density at radius 2 is 2.33 bits per heavy atom. The summed E-state index contributed by atoms with van der Waals surface area (Å²) in [5.41, 5.74) is 6.28. The first-order valence-corrected chi connectivity index (χ1v) is 6.34. The highest BCUT2D eigenvalue weighted by atomic mass is 32.1. The summed E-state index contributed by atoms with van der Waals surface area (Å²) in [4.78, 5) is 2.48. The minimum absolute atomic E-state index is 0.134. The van der Waals surface area contributed by atoms with Crippen molar-refractivity contribution < 1.29 is 4.74 Å². The Morgan fingerprint density at radius 1 is 1.61 bits per heavy atom. The highest BCUT2D eigenvalue weighted by Gasteiger charge is 2.33. The third-order valence-electron chi connectivity index (χ3n) is 2.84. The van der Waals surface area contributed by atoms with Gasteiger partial charge in [0.2, 0.25) is 0 Å². The number of thiocarbonyl (C=S) groups is 1. The first-order valence-electron chi connectivity index (χ1n) is 5.93. The Bertz CT molecular complexity index is 463. The molecule has 1 aromatic rings. The van der Waals surface area contributed by atoms with E-state index in [9.17, 15) is 0 Å². The summed E-state index contributed by atoms with van der Waals surface area (Å²) in [7, 11) is 0. The van der Waals surface area contributed by atoms with Gasteiger partial charge in [-0.1, -0.05) is 12.2 Å². The van der Waals surface area contributed by atoms with Crippen molar-refractivity contribution in [3.8, 4) is 0 Å². The molecular formula is C12H18N4OS. The summed E-state index contributed by atoms with van der Waals surface area (Å²) in [5.74, 6) is 0.744. The van der Waals surface area contributed by atoms with Gasteiger partial charge in [0.25, 0.3) is 0 Å². The van der Waals surface area contributed by atoms with Gasteiger partial charge in [0.05, 0.1) is 23.5 Å². The summed E-state index contributed by atoms with van der Waals surface area (Å²) < 4.78 is 5.87. The maximum Gasteiger partial charge on any atom is 0.161 e. The highest BCUT2D eigenvalue weighted by molar-refractivity contribution is 7.80. The van der Waals surface area contributed by atoms with E-state index in [4.69, 9.17) is 22.7 Å². The number of aromatic nitrogens is 2. The van der Waals surface area contributed by atoms with Crippen LogP contribution >= 0.6 is 12.2 Å². The number of anilines is 1. The van der Waals surface area contributed by atoms with Crippen LogP contribution in [0.15, 0.2) is 12.3 Å². The van der Waals surface area contributed by atoms with Crippen LogP contribution in [0.5, 0.6) is 0 Å². The molecule has 2 N–H and O–H groups in total. The van der Waals surface area contributed by atoms with Crippen molar-refractivity contribution in [2.45, 2.75) is 32.5 Å². The van der Waals surface area contributed by atoms with Crippen LogP contribution in [0.25, 0.3) is 0 Å². The van der Waals surface area contributed by atoms with E-state index >= 15 is 0 Å². The molecule has 1 atom stereocenters. The average Bonchev–Trinajstić information content (AvgIpc) is 2.26. The van der Waals surface area contributed by atoms with Crippen LogP contribution in [-0.2, 0) is 4.74 Å². The van der Waals surface area contributed by atoms with Crippen LogP contribution in [0.3, 0.4) is 0 Å². The molecule has 0 aromatic carbocycles. The van der Waals surface area contributed by atoms with Gasteiger partial charge in [-0.3, -0.25) is 0 Å². The standard InChI is InChI=1S/C12H18N4OS/c1-8-6-16(7-12(2,3)17-8)11-9(10(13)18)4-5-14-15-11/h4-5,8H,6-7H2,1-3H3,(H2,13,18). The zero-order chi connectivity index (χ0) is 13.3. The van der Waals surface area contributed by atoms with Gasteiger partial charge in [-0.15, -0.1) is 5.10 Å². The van der Waals surface area contributed by atoms with Gasteiger partial charge in [0.15, 0.2) is 5.82 Å². The second-order valence-electron chi connectivity index (χ2n) is 5.20. The van der Waals surface area contributed by atoms with Gasteiger partial charge < -0.3 is 15.4 Å². The smallest absolute Gasteiger partial charge is 0.161 e. The lowest BCUT2D eigenvalue weighted by Gasteiger charge is -2.42. The fourth-order valence-electron chi connectivity index (χ4n) is 2.37. The predicted octanol–water partition coefficient (Wildman–Crippen LogP) is 1.11. The molecule has 0 amide bonds. The molecule has 0 saturated carbocycles.